The van der Waals surface area contributed by atoms with Crippen LogP contribution in [0.1, 0.15) is 1.43 Å². The van der Waals surface area contributed by atoms with Crippen molar-refractivity contribution in [1.82, 2.24) is 0 Å². The van der Waals surface area contributed by atoms with Crippen LogP contribution >= 0.6 is 0 Å². The molecule has 0 aliphatic carbocycles. The van der Waals surface area contributed by atoms with Gasteiger partial charge in [-0.1, -0.05) is 0 Å². The summed E-state index contributed by atoms with van der Waals surface area (Å²) in [4.78, 5) is 0. The molecule has 0 amide bonds. The molecular formula is H3LiO3Se. The Morgan fingerprint density at radius 2 is 1.60 bits per heavy atom. The maximum atomic E-state index is 8.76. The van der Waals surface area contributed by atoms with Crippen molar-refractivity contribution in [1.29, 1.82) is 0 Å². The van der Waals surface area contributed by atoms with Crippen molar-refractivity contribution in [3.63, 3.8) is 0 Å². The van der Waals surface area contributed by atoms with Gasteiger partial charge in [-0.25, -0.2) is 0 Å². The van der Waals surface area contributed by atoms with E-state index in [-0.39, 0.29) is 20.3 Å². The largest absolute Gasteiger partial charge is 1.00 e. The van der Waals surface area contributed by atoms with Crippen LogP contribution in [0.4, 0.5) is 0 Å². The summed E-state index contributed by atoms with van der Waals surface area (Å²) in [7, 11) is 0. The van der Waals surface area contributed by atoms with Crippen LogP contribution in [0, 0.1) is 0 Å². The first-order valence-corrected chi connectivity index (χ1v) is 2.76. The van der Waals surface area contributed by atoms with Crippen LogP contribution in [0.25, 0.3) is 0 Å². The molecule has 0 aromatic heterocycles. The van der Waals surface area contributed by atoms with Crippen molar-refractivity contribution in [2.24, 2.45) is 0 Å². The molecule has 0 radical (unpaired) electrons. The Bertz CT molecular complexity index is 33.8. The quantitative estimate of drug-likeness (QED) is 0.331. The summed E-state index contributed by atoms with van der Waals surface area (Å²) in [5.41, 5.74) is 0. The molecule has 0 aliphatic heterocycles. The second-order valence-corrected chi connectivity index (χ2v) is 1.20. The summed E-state index contributed by atoms with van der Waals surface area (Å²) in [6.45, 7) is 0. The zero-order valence-corrected chi connectivity index (χ0v) is 4.42. The van der Waals surface area contributed by atoms with Gasteiger partial charge in [-0.3, -0.25) is 0 Å². The fourth-order valence-electron chi connectivity index (χ4n) is 0. The van der Waals surface area contributed by atoms with Gasteiger partial charge in [-0.15, -0.1) is 0 Å². The van der Waals surface area contributed by atoms with Crippen molar-refractivity contribution in [2.75, 3.05) is 0 Å². The summed E-state index contributed by atoms with van der Waals surface area (Å²) >= 11 is -3.29. The van der Waals surface area contributed by atoms with E-state index in [1.807, 2.05) is 0 Å². The van der Waals surface area contributed by atoms with Crippen LogP contribution in [0.5, 0.6) is 0 Å². The maximum absolute atomic E-state index is 8.76. The maximum Gasteiger partial charge on any atom is 1.00 e. The van der Waals surface area contributed by atoms with E-state index in [0.29, 0.717) is 0 Å². The minimum Gasteiger partial charge on any atom is -1.00 e. The molecule has 0 atom stereocenters. The molecule has 5 heteroatoms. The molecule has 3 nitrogen and oxygen atoms in total. The summed E-state index contributed by atoms with van der Waals surface area (Å²) in [6, 6.07) is 0. The second-order valence-electron chi connectivity index (χ2n) is 0.231. The number of hydrogen-bond acceptors (Lipinski definition) is 1. The van der Waals surface area contributed by atoms with Gasteiger partial charge in [0.05, 0.1) is 0 Å². The van der Waals surface area contributed by atoms with Crippen molar-refractivity contribution < 1.29 is 32.5 Å². The van der Waals surface area contributed by atoms with E-state index < -0.39 is 14.5 Å². The molecule has 0 heterocycles. The molecule has 0 unspecified atom stereocenters. The normalized spacial score (nSPS) is 7.00. The Kier molecular flexibility index (Phi) is 8.97. The molecule has 0 fully saturated rings. The first-order valence-electron chi connectivity index (χ1n) is 0.532. The second kappa shape index (κ2) is 4.84. The van der Waals surface area contributed by atoms with E-state index in [2.05, 4.69) is 0 Å². The molecule has 0 spiro atoms. The van der Waals surface area contributed by atoms with Gasteiger partial charge in [0.15, 0.2) is 0 Å². The van der Waals surface area contributed by atoms with Crippen molar-refractivity contribution in [3.05, 3.63) is 0 Å². The predicted octanol–water partition coefficient (Wildman–Crippen LogP) is -4.50. The van der Waals surface area contributed by atoms with Gasteiger partial charge in [-0.2, -0.15) is 0 Å². The van der Waals surface area contributed by atoms with Gasteiger partial charge in [0, 0.05) is 0 Å². The smallest absolute Gasteiger partial charge is 1.00 e. The monoisotopic (exact) mass is 138 g/mol. The Labute approximate surface area is 47.4 Å². The van der Waals surface area contributed by atoms with Crippen molar-refractivity contribution >= 4 is 14.5 Å². The van der Waals surface area contributed by atoms with E-state index in [1.54, 1.807) is 0 Å². The van der Waals surface area contributed by atoms with E-state index in [1.165, 1.54) is 0 Å². The molecule has 0 saturated heterocycles. The van der Waals surface area contributed by atoms with Gasteiger partial charge in [0.2, 0.25) is 0 Å². The number of rotatable bonds is 0. The van der Waals surface area contributed by atoms with E-state index in [4.69, 9.17) is 12.2 Å². The Morgan fingerprint density at radius 1 is 1.60 bits per heavy atom. The molecule has 0 saturated carbocycles. The fourth-order valence-corrected chi connectivity index (χ4v) is 0. The van der Waals surface area contributed by atoms with E-state index in [0.717, 1.165) is 0 Å². The van der Waals surface area contributed by atoms with Crippen LogP contribution in [0.2, 0.25) is 0 Å². The van der Waals surface area contributed by atoms with E-state index in [9.17, 15) is 0 Å². The minimum atomic E-state index is -3.29. The average Bonchev–Trinajstić information content (AvgIpc) is 0.811. The van der Waals surface area contributed by atoms with Gasteiger partial charge in [0.25, 0.3) is 0 Å². The number of hydrogen-bond donors (Lipinski definition) is 2. The SMILES string of the molecule is O=[Se](O)O.[H-].[Li+]. The molecule has 2 N–H and O–H groups in total. The van der Waals surface area contributed by atoms with Crippen LogP contribution in [0.3, 0.4) is 0 Å². The standard InChI is InChI=1S/Li.H2O3Se.H/c;1-4(2)3;/h;(H2,1,2,3);/q+1;;-1. The topological polar surface area (TPSA) is 57.5 Å². The third-order valence-electron chi connectivity index (χ3n) is 0. The van der Waals surface area contributed by atoms with Crippen LogP contribution < -0.4 is 18.9 Å². The first-order chi connectivity index (χ1) is 1.73. The predicted molar refractivity (Wildman–Crippen MR) is 12.0 cm³/mol. The van der Waals surface area contributed by atoms with Gasteiger partial charge < -0.3 is 1.43 Å². The summed E-state index contributed by atoms with van der Waals surface area (Å²) in [5, 5.41) is 0. The molecule has 0 aromatic rings. The third-order valence-corrected chi connectivity index (χ3v) is 0. The molecule has 0 aromatic carbocycles. The Balaban J connectivity index is -0.0000000450. The molecule has 0 bridgehead atoms. The molecule has 5 heavy (non-hydrogen) atoms. The third kappa shape index (κ3) is 55.6. The Morgan fingerprint density at radius 3 is 1.60 bits per heavy atom. The average molecular weight is 137 g/mol. The summed E-state index contributed by atoms with van der Waals surface area (Å²) in [5.74, 6) is 0. The van der Waals surface area contributed by atoms with Gasteiger partial charge >= 0.3 is 45.6 Å². The zero-order chi connectivity index (χ0) is 3.58. The van der Waals surface area contributed by atoms with Gasteiger partial charge in [0.1, 0.15) is 0 Å². The first kappa shape index (κ1) is 9.28. The minimum absolute atomic E-state index is 0. The van der Waals surface area contributed by atoms with Crippen LogP contribution in [-0.4, -0.2) is 22.9 Å². The van der Waals surface area contributed by atoms with E-state index >= 15 is 0 Å². The molecular weight excluding hydrogens is 134 g/mol. The van der Waals surface area contributed by atoms with Crippen LogP contribution in [-0.2, 0) is 3.83 Å². The molecule has 0 aliphatic rings. The molecule has 28 valence electrons. The molecule has 0 rings (SSSR count). The summed E-state index contributed by atoms with van der Waals surface area (Å²) in [6.07, 6.45) is 0. The summed E-state index contributed by atoms with van der Waals surface area (Å²) < 4.78 is 23.1. The Hall–Kier alpha value is 0.837. The van der Waals surface area contributed by atoms with Gasteiger partial charge in [-0.05, 0) is 0 Å². The fraction of sp³-hybridized carbons (Fsp3) is 0. The van der Waals surface area contributed by atoms with Crippen molar-refractivity contribution in [3.8, 4) is 0 Å². The zero-order valence-electron chi connectivity index (χ0n) is 3.71. The van der Waals surface area contributed by atoms with Crippen molar-refractivity contribution in [2.45, 2.75) is 0 Å². The van der Waals surface area contributed by atoms with Crippen LogP contribution in [0.15, 0.2) is 0 Å².